The second kappa shape index (κ2) is 8.31. The van der Waals surface area contributed by atoms with Gasteiger partial charge in [-0.25, -0.2) is 0 Å². The predicted octanol–water partition coefficient (Wildman–Crippen LogP) is 2.38. The van der Waals surface area contributed by atoms with E-state index in [-0.39, 0.29) is 17.7 Å². The minimum atomic E-state index is -0.392. The predicted molar refractivity (Wildman–Crippen MR) is 87.5 cm³/mol. The van der Waals surface area contributed by atoms with Gasteiger partial charge < -0.3 is 5.32 Å². The molecule has 0 saturated heterocycles. The van der Waals surface area contributed by atoms with Crippen LogP contribution in [0.3, 0.4) is 0 Å². The Bertz CT molecular complexity index is 563. The molecule has 23 heavy (non-hydrogen) atoms. The highest BCUT2D eigenvalue weighted by molar-refractivity contribution is 5.97. The first-order valence-electron chi connectivity index (χ1n) is 8.10. The van der Waals surface area contributed by atoms with Crippen LogP contribution in [0.1, 0.15) is 55.8 Å². The zero-order chi connectivity index (χ0) is 16.7. The maximum atomic E-state index is 12.2. The zero-order valence-electron chi connectivity index (χ0n) is 13.4. The number of hydrogen-bond donors (Lipinski definition) is 3. The molecule has 0 atom stereocenters. The number of rotatable bonds is 4. The topological polar surface area (TPSA) is 87.3 Å². The zero-order valence-corrected chi connectivity index (χ0v) is 13.4. The monoisotopic (exact) mass is 317 g/mol. The van der Waals surface area contributed by atoms with Crippen LogP contribution in [0, 0.1) is 5.92 Å². The van der Waals surface area contributed by atoms with Gasteiger partial charge in [0.25, 0.3) is 5.91 Å². The van der Waals surface area contributed by atoms with E-state index in [0.29, 0.717) is 17.7 Å². The van der Waals surface area contributed by atoms with E-state index < -0.39 is 5.91 Å². The lowest BCUT2D eigenvalue weighted by atomic mass is 9.88. The molecule has 124 valence electrons. The van der Waals surface area contributed by atoms with E-state index in [1.807, 2.05) is 0 Å². The van der Waals surface area contributed by atoms with Crippen molar-refractivity contribution in [1.82, 2.24) is 10.9 Å². The molecular weight excluding hydrogens is 294 g/mol. The van der Waals surface area contributed by atoms with Gasteiger partial charge in [0.05, 0.1) is 0 Å². The van der Waals surface area contributed by atoms with Crippen molar-refractivity contribution in [2.45, 2.75) is 45.4 Å². The van der Waals surface area contributed by atoms with Crippen molar-refractivity contribution in [1.29, 1.82) is 0 Å². The molecule has 1 aliphatic rings. The minimum Gasteiger partial charge on any atom is -0.326 e. The standard InChI is InChI=1S/C17H23N3O3/c1-2-15(21)19-20-17(23)13-8-10-14(11-9-13)18-16(22)12-6-4-3-5-7-12/h8-12H,2-7H2,1H3,(H,18,22)(H,19,21)(H,20,23). The number of anilines is 1. The maximum absolute atomic E-state index is 12.2. The summed E-state index contributed by atoms with van der Waals surface area (Å²) in [6.07, 6.45) is 5.63. The SMILES string of the molecule is CCC(=O)NNC(=O)c1ccc(NC(=O)C2CCCCC2)cc1. The molecule has 1 saturated carbocycles. The van der Waals surface area contributed by atoms with E-state index in [4.69, 9.17) is 0 Å². The van der Waals surface area contributed by atoms with Crippen molar-refractivity contribution in [3.63, 3.8) is 0 Å². The van der Waals surface area contributed by atoms with E-state index in [1.54, 1.807) is 31.2 Å². The molecule has 1 aromatic carbocycles. The van der Waals surface area contributed by atoms with Crippen LogP contribution < -0.4 is 16.2 Å². The largest absolute Gasteiger partial charge is 0.326 e. The first kappa shape index (κ1) is 17.0. The van der Waals surface area contributed by atoms with Gasteiger partial charge in [-0.3, -0.25) is 25.2 Å². The van der Waals surface area contributed by atoms with E-state index in [0.717, 1.165) is 25.7 Å². The molecule has 0 spiro atoms. The molecular formula is C17H23N3O3. The molecule has 6 heteroatoms. The normalized spacial score (nSPS) is 14.8. The van der Waals surface area contributed by atoms with Crippen LogP contribution in [-0.4, -0.2) is 17.7 Å². The molecule has 6 nitrogen and oxygen atoms in total. The molecule has 2 rings (SSSR count). The number of hydrogen-bond acceptors (Lipinski definition) is 3. The van der Waals surface area contributed by atoms with Crippen molar-refractivity contribution in [2.24, 2.45) is 5.92 Å². The van der Waals surface area contributed by atoms with E-state index in [1.165, 1.54) is 6.42 Å². The second-order valence-corrected chi connectivity index (χ2v) is 5.76. The Hall–Kier alpha value is -2.37. The van der Waals surface area contributed by atoms with Crippen LogP contribution in [-0.2, 0) is 9.59 Å². The number of amides is 3. The summed E-state index contributed by atoms with van der Waals surface area (Å²) in [5, 5.41) is 2.90. The molecule has 0 bridgehead atoms. The third-order valence-corrected chi connectivity index (χ3v) is 4.03. The van der Waals surface area contributed by atoms with Gasteiger partial charge in [0.2, 0.25) is 11.8 Å². The fourth-order valence-electron chi connectivity index (χ4n) is 2.60. The van der Waals surface area contributed by atoms with Gasteiger partial charge in [-0.1, -0.05) is 26.2 Å². The number of carbonyl (C=O) groups is 3. The van der Waals surface area contributed by atoms with Crippen LogP contribution in [0.25, 0.3) is 0 Å². The Morgan fingerprint density at radius 3 is 2.26 bits per heavy atom. The van der Waals surface area contributed by atoms with Crippen LogP contribution in [0.5, 0.6) is 0 Å². The van der Waals surface area contributed by atoms with Crippen LogP contribution >= 0.6 is 0 Å². The summed E-state index contributed by atoms with van der Waals surface area (Å²) < 4.78 is 0. The van der Waals surface area contributed by atoms with Crippen molar-refractivity contribution < 1.29 is 14.4 Å². The van der Waals surface area contributed by atoms with Crippen molar-refractivity contribution >= 4 is 23.4 Å². The molecule has 0 unspecified atom stereocenters. The highest BCUT2D eigenvalue weighted by atomic mass is 16.2. The Morgan fingerprint density at radius 2 is 1.65 bits per heavy atom. The summed E-state index contributed by atoms with van der Waals surface area (Å²) >= 11 is 0. The highest BCUT2D eigenvalue weighted by Crippen LogP contribution is 2.25. The Balaban J connectivity index is 1.87. The number of benzene rings is 1. The van der Waals surface area contributed by atoms with Crippen molar-refractivity contribution in [3.8, 4) is 0 Å². The quantitative estimate of drug-likeness (QED) is 0.745. The lowest BCUT2D eigenvalue weighted by molar-refractivity contribution is -0.122. The third-order valence-electron chi connectivity index (χ3n) is 4.03. The summed E-state index contributed by atoms with van der Waals surface area (Å²) in [4.78, 5) is 35.1. The van der Waals surface area contributed by atoms with Crippen molar-refractivity contribution in [3.05, 3.63) is 29.8 Å². The Labute approximate surface area is 136 Å². The summed E-state index contributed by atoms with van der Waals surface area (Å²) in [5.41, 5.74) is 5.74. The van der Waals surface area contributed by atoms with E-state index in [9.17, 15) is 14.4 Å². The van der Waals surface area contributed by atoms with Crippen LogP contribution in [0.4, 0.5) is 5.69 Å². The summed E-state index contributed by atoms with van der Waals surface area (Å²) in [7, 11) is 0. The first-order chi connectivity index (χ1) is 11.1. The minimum absolute atomic E-state index is 0.0529. The maximum Gasteiger partial charge on any atom is 0.269 e. The van der Waals surface area contributed by atoms with Gasteiger partial charge in [-0.05, 0) is 37.1 Å². The third kappa shape index (κ3) is 5.09. The fraction of sp³-hybridized carbons (Fsp3) is 0.471. The molecule has 1 aromatic rings. The summed E-state index contributed by atoms with van der Waals surface area (Å²) in [6.45, 7) is 1.70. The average Bonchev–Trinajstić information content (AvgIpc) is 2.60. The summed E-state index contributed by atoms with van der Waals surface area (Å²) in [6, 6.07) is 6.61. The Morgan fingerprint density at radius 1 is 1.00 bits per heavy atom. The van der Waals surface area contributed by atoms with Crippen LogP contribution in [0.2, 0.25) is 0 Å². The molecule has 1 aliphatic carbocycles. The van der Waals surface area contributed by atoms with Gasteiger partial charge in [0.15, 0.2) is 0 Å². The first-order valence-corrected chi connectivity index (χ1v) is 8.10. The van der Waals surface area contributed by atoms with Gasteiger partial charge in [0, 0.05) is 23.6 Å². The van der Waals surface area contributed by atoms with Crippen LogP contribution in [0.15, 0.2) is 24.3 Å². The molecule has 0 aromatic heterocycles. The molecule has 3 N–H and O–H groups in total. The summed E-state index contributed by atoms with van der Waals surface area (Å²) in [5.74, 6) is -0.500. The van der Waals surface area contributed by atoms with Gasteiger partial charge >= 0.3 is 0 Å². The van der Waals surface area contributed by atoms with Gasteiger partial charge in [0.1, 0.15) is 0 Å². The second-order valence-electron chi connectivity index (χ2n) is 5.76. The molecule has 0 heterocycles. The Kier molecular flexibility index (Phi) is 6.14. The fourth-order valence-corrected chi connectivity index (χ4v) is 2.60. The lowest BCUT2D eigenvalue weighted by Gasteiger charge is -2.20. The molecule has 1 fully saturated rings. The number of nitrogens with one attached hydrogen (secondary N) is 3. The van der Waals surface area contributed by atoms with E-state index in [2.05, 4.69) is 16.2 Å². The number of carbonyl (C=O) groups excluding carboxylic acids is 3. The number of hydrazine groups is 1. The van der Waals surface area contributed by atoms with Gasteiger partial charge in [-0.15, -0.1) is 0 Å². The smallest absolute Gasteiger partial charge is 0.269 e. The molecule has 0 aliphatic heterocycles. The van der Waals surface area contributed by atoms with Gasteiger partial charge in [-0.2, -0.15) is 0 Å². The molecule has 0 radical (unpaired) electrons. The lowest BCUT2D eigenvalue weighted by Crippen LogP contribution is -2.41. The molecule has 3 amide bonds. The highest BCUT2D eigenvalue weighted by Gasteiger charge is 2.21. The average molecular weight is 317 g/mol. The van der Waals surface area contributed by atoms with E-state index >= 15 is 0 Å². The van der Waals surface area contributed by atoms with Crippen molar-refractivity contribution in [2.75, 3.05) is 5.32 Å².